The van der Waals surface area contributed by atoms with Crippen LogP contribution in [-0.2, 0) is 0 Å². The molecule has 0 N–H and O–H groups in total. The first kappa shape index (κ1) is 49.4. The molecule has 394 valence electrons. The van der Waals surface area contributed by atoms with Gasteiger partial charge in [0.25, 0.3) is 0 Å². The van der Waals surface area contributed by atoms with Crippen molar-refractivity contribution in [2.24, 2.45) is 0 Å². The highest BCUT2D eigenvalue weighted by molar-refractivity contribution is 6.32. The van der Waals surface area contributed by atoms with Gasteiger partial charge in [-0.3, -0.25) is 0 Å². The van der Waals surface area contributed by atoms with Crippen molar-refractivity contribution < 1.29 is 0 Å². The number of rotatable bonds is 7. The van der Waals surface area contributed by atoms with Gasteiger partial charge >= 0.3 is 0 Å². The molecule has 0 heterocycles. The van der Waals surface area contributed by atoms with E-state index in [1.54, 1.807) is 0 Å². The van der Waals surface area contributed by atoms with Gasteiger partial charge in [-0.05, 0) is 214 Å². The van der Waals surface area contributed by atoms with Gasteiger partial charge in [0.15, 0.2) is 0 Å². The molecular weight excluding hydrogens is 1010 g/mol. The second kappa shape index (κ2) is 19.7. The fourth-order valence-corrected chi connectivity index (χ4v) is 14.5. The monoisotopic (exact) mass is 1070 g/mol. The third-order valence-corrected chi connectivity index (χ3v) is 18.5. The Balaban J connectivity index is 1.15. The minimum atomic E-state index is 1.20. The van der Waals surface area contributed by atoms with Crippen molar-refractivity contribution in [3.8, 4) is 77.9 Å². The molecule has 0 fully saturated rings. The fourth-order valence-electron chi connectivity index (χ4n) is 14.5. The molecule has 0 amide bonds. The smallest absolute Gasteiger partial charge is 0.00108 e. The summed E-state index contributed by atoms with van der Waals surface area (Å²) in [5, 5.41) is 19.8. The third kappa shape index (κ3) is 7.61. The molecule has 0 nitrogen and oxygen atoms in total. The molecule has 0 radical (unpaired) electrons. The highest BCUT2D eigenvalue weighted by Crippen LogP contribution is 2.56. The van der Waals surface area contributed by atoms with Crippen molar-refractivity contribution >= 4 is 86.2 Å². The third-order valence-electron chi connectivity index (χ3n) is 18.5. The second-order valence-corrected chi connectivity index (χ2v) is 23.1. The van der Waals surface area contributed by atoms with E-state index in [9.17, 15) is 0 Å². The van der Waals surface area contributed by atoms with E-state index in [1.165, 1.54) is 186 Å². The average Bonchev–Trinajstić information content (AvgIpc) is 1.54. The summed E-state index contributed by atoms with van der Waals surface area (Å²) < 4.78 is 0. The van der Waals surface area contributed by atoms with Crippen LogP contribution in [0.2, 0.25) is 0 Å². The molecule has 0 aliphatic heterocycles. The summed E-state index contributed by atoms with van der Waals surface area (Å²) >= 11 is 0. The van der Waals surface area contributed by atoms with Gasteiger partial charge in [-0.2, -0.15) is 0 Å². The molecule has 0 spiro atoms. The highest BCUT2D eigenvalue weighted by Gasteiger charge is 2.29. The Morgan fingerprint density at radius 1 is 0.167 bits per heavy atom. The Kier molecular flexibility index (Phi) is 11.6. The maximum atomic E-state index is 2.53. The average molecular weight is 1070 g/mol. The lowest BCUT2D eigenvalue weighted by molar-refractivity contribution is 1.36. The van der Waals surface area contributed by atoms with Crippen LogP contribution in [0, 0.1) is 27.7 Å². The van der Waals surface area contributed by atoms with Crippen molar-refractivity contribution in [2.45, 2.75) is 27.7 Å². The van der Waals surface area contributed by atoms with E-state index in [2.05, 4.69) is 307 Å². The summed E-state index contributed by atoms with van der Waals surface area (Å²) in [6.45, 7) is 9.30. The maximum absolute atomic E-state index is 2.53. The van der Waals surface area contributed by atoms with Crippen LogP contribution < -0.4 is 0 Å². The number of benzene rings is 16. The van der Waals surface area contributed by atoms with E-state index in [0.717, 1.165) is 0 Å². The number of aryl methyl sites for hydroxylation is 3. The Bertz CT molecular complexity index is 5400. The highest BCUT2D eigenvalue weighted by atomic mass is 14.3. The number of hydrogen-bond acceptors (Lipinski definition) is 0. The van der Waals surface area contributed by atoms with E-state index in [4.69, 9.17) is 0 Å². The van der Waals surface area contributed by atoms with E-state index in [1.807, 2.05) is 0 Å². The van der Waals surface area contributed by atoms with Gasteiger partial charge in [0.05, 0.1) is 0 Å². The Morgan fingerprint density at radius 2 is 0.464 bits per heavy atom. The molecule has 0 saturated heterocycles. The van der Waals surface area contributed by atoms with E-state index < -0.39 is 0 Å². The molecule has 16 aromatic carbocycles. The van der Waals surface area contributed by atoms with Gasteiger partial charge in [-0.15, -0.1) is 0 Å². The van der Waals surface area contributed by atoms with E-state index in [-0.39, 0.29) is 0 Å². The molecule has 0 saturated carbocycles. The zero-order valence-corrected chi connectivity index (χ0v) is 47.6. The van der Waals surface area contributed by atoms with Crippen LogP contribution in [0.4, 0.5) is 0 Å². The topological polar surface area (TPSA) is 0 Å². The van der Waals surface area contributed by atoms with Crippen molar-refractivity contribution in [2.75, 3.05) is 0 Å². The molecule has 0 aliphatic carbocycles. The van der Waals surface area contributed by atoms with Gasteiger partial charge in [-0.1, -0.05) is 279 Å². The fraction of sp³-hybridized carbons (Fsp3) is 0.0476. The first-order valence-electron chi connectivity index (χ1n) is 29.5. The van der Waals surface area contributed by atoms with Gasteiger partial charge in [0.1, 0.15) is 0 Å². The lowest BCUT2D eigenvalue weighted by Gasteiger charge is -2.27. The summed E-state index contributed by atoms with van der Waals surface area (Å²) in [7, 11) is 0. The lowest BCUT2D eigenvalue weighted by atomic mass is 9.76. The standard InChI is InChI=1S/C84H58/c1-51-48-75-76(49-52(51)2)82(68-45-22-31-58-27-8-12-35-62(58)68)84-77(80(75)67-44-21-30-57-26-7-11-34-61(57)67)50-53(3)54(4)78(84)73-46-23-47-74-79(69-38-15-13-36-65(69)63-42-19-28-55-24-5-9-32-59(55)63)71-40-17-18-41-72(71)81(83(73)74)70-39-16-14-37-66(70)64-43-20-29-56-25-6-10-33-60(56)64/h5-50H,1-4H3. The van der Waals surface area contributed by atoms with E-state index >= 15 is 0 Å². The van der Waals surface area contributed by atoms with Crippen molar-refractivity contribution in [3.63, 3.8) is 0 Å². The molecule has 16 rings (SSSR count). The second-order valence-electron chi connectivity index (χ2n) is 23.1. The van der Waals surface area contributed by atoms with Crippen LogP contribution >= 0.6 is 0 Å². The van der Waals surface area contributed by atoms with Gasteiger partial charge in [-0.25, -0.2) is 0 Å². The van der Waals surface area contributed by atoms with Crippen LogP contribution in [0.1, 0.15) is 22.3 Å². The Labute approximate surface area is 490 Å². The summed E-state index contributed by atoms with van der Waals surface area (Å²) in [5.41, 5.74) is 22.3. The molecule has 0 bridgehead atoms. The zero-order chi connectivity index (χ0) is 56.2. The number of fused-ring (bicyclic) bond motifs is 8. The largest absolute Gasteiger partial charge is 0.0616 e. The lowest BCUT2D eigenvalue weighted by Crippen LogP contribution is -2.00. The van der Waals surface area contributed by atoms with Crippen LogP contribution in [0.5, 0.6) is 0 Å². The molecule has 84 heavy (non-hydrogen) atoms. The van der Waals surface area contributed by atoms with Gasteiger partial charge in [0.2, 0.25) is 0 Å². The van der Waals surface area contributed by atoms with Crippen molar-refractivity contribution in [1.29, 1.82) is 0 Å². The zero-order valence-electron chi connectivity index (χ0n) is 47.6. The molecular formula is C84H58. The first-order chi connectivity index (χ1) is 41.4. The predicted octanol–water partition coefficient (Wildman–Crippen LogP) is 23.8. The van der Waals surface area contributed by atoms with Gasteiger partial charge in [0, 0.05) is 0 Å². The first-order valence-corrected chi connectivity index (χ1v) is 29.5. The molecule has 0 unspecified atom stereocenters. The molecule has 0 atom stereocenters. The van der Waals surface area contributed by atoms with Crippen LogP contribution in [0.3, 0.4) is 0 Å². The van der Waals surface area contributed by atoms with Crippen LogP contribution in [-0.4, -0.2) is 0 Å². The minimum absolute atomic E-state index is 1.20. The summed E-state index contributed by atoms with van der Waals surface area (Å²) in [5.74, 6) is 0. The normalized spacial score (nSPS) is 11.8. The summed E-state index contributed by atoms with van der Waals surface area (Å²) in [4.78, 5) is 0. The Morgan fingerprint density at radius 3 is 0.976 bits per heavy atom. The van der Waals surface area contributed by atoms with Crippen LogP contribution in [0.25, 0.3) is 164 Å². The molecule has 16 aromatic rings. The maximum Gasteiger partial charge on any atom is -0.00108 e. The van der Waals surface area contributed by atoms with Gasteiger partial charge < -0.3 is 0 Å². The SMILES string of the molecule is Cc1cc2c(-c3cccc4ccccc34)c3cc(C)c(C)c(-c4cccc5c(-c6ccccc6-c6cccc7ccccc67)c6ccccc6c(-c6ccccc6-c6cccc7ccccc67)c45)c3c(-c3cccc4ccccc34)c2cc1C. The molecule has 0 aliphatic rings. The minimum Gasteiger partial charge on any atom is -0.0616 e. The predicted molar refractivity (Wildman–Crippen MR) is 363 cm³/mol. The van der Waals surface area contributed by atoms with Crippen molar-refractivity contribution in [3.05, 3.63) is 301 Å². The van der Waals surface area contributed by atoms with Crippen molar-refractivity contribution in [1.82, 2.24) is 0 Å². The molecule has 0 heteroatoms. The van der Waals surface area contributed by atoms with Crippen LogP contribution in [0.15, 0.2) is 279 Å². The number of hydrogen-bond donors (Lipinski definition) is 0. The molecule has 0 aromatic heterocycles. The van der Waals surface area contributed by atoms with E-state index in [0.29, 0.717) is 0 Å². The summed E-state index contributed by atoms with van der Waals surface area (Å²) in [6.07, 6.45) is 0. The summed E-state index contributed by atoms with van der Waals surface area (Å²) in [6, 6.07) is 105. The quantitative estimate of drug-likeness (QED) is 0.140. The Hall–Kier alpha value is -10.4.